The maximum atomic E-state index is 12.5. The lowest BCUT2D eigenvalue weighted by Crippen LogP contribution is -2.50. The van der Waals surface area contributed by atoms with E-state index in [-0.39, 0.29) is 6.03 Å². The summed E-state index contributed by atoms with van der Waals surface area (Å²) in [5.41, 5.74) is 2.90. The maximum Gasteiger partial charge on any atom is 0.321 e. The van der Waals surface area contributed by atoms with Crippen molar-refractivity contribution in [3.8, 4) is 5.75 Å². The Balaban J connectivity index is 1.57. The van der Waals surface area contributed by atoms with Gasteiger partial charge in [-0.2, -0.15) is 0 Å². The van der Waals surface area contributed by atoms with Gasteiger partial charge in [0, 0.05) is 42.6 Å². The van der Waals surface area contributed by atoms with Crippen LogP contribution in [0.25, 0.3) is 0 Å². The molecule has 6 heteroatoms. The monoisotopic (exact) mass is 359 g/mol. The highest BCUT2D eigenvalue weighted by atomic mass is 35.5. The van der Waals surface area contributed by atoms with E-state index in [2.05, 4.69) is 10.2 Å². The molecule has 2 aromatic rings. The highest BCUT2D eigenvalue weighted by Gasteiger charge is 2.21. The number of urea groups is 1. The van der Waals surface area contributed by atoms with E-state index in [4.69, 9.17) is 16.3 Å². The smallest absolute Gasteiger partial charge is 0.321 e. The molecule has 132 valence electrons. The lowest BCUT2D eigenvalue weighted by atomic mass is 10.2. The second-order valence-corrected chi connectivity index (χ2v) is 6.50. The Morgan fingerprint density at radius 1 is 1.08 bits per heavy atom. The van der Waals surface area contributed by atoms with Crippen LogP contribution >= 0.6 is 11.6 Å². The topological polar surface area (TPSA) is 44.8 Å². The van der Waals surface area contributed by atoms with E-state index in [9.17, 15) is 4.79 Å². The second kappa shape index (κ2) is 7.66. The average Bonchev–Trinajstić information content (AvgIpc) is 2.65. The van der Waals surface area contributed by atoms with Crippen LogP contribution in [0.2, 0.25) is 5.02 Å². The number of rotatable bonds is 3. The first-order chi connectivity index (χ1) is 12.1. The summed E-state index contributed by atoms with van der Waals surface area (Å²) in [6, 6.07) is 13.4. The summed E-state index contributed by atoms with van der Waals surface area (Å²) in [5.74, 6) is 0.846. The zero-order chi connectivity index (χ0) is 17.8. The van der Waals surface area contributed by atoms with Gasteiger partial charge in [0.05, 0.1) is 7.11 Å². The van der Waals surface area contributed by atoms with Crippen molar-refractivity contribution < 1.29 is 9.53 Å². The van der Waals surface area contributed by atoms with E-state index < -0.39 is 0 Å². The molecule has 3 rings (SSSR count). The van der Waals surface area contributed by atoms with E-state index in [1.54, 1.807) is 13.2 Å². The number of piperazine rings is 1. The number of nitrogens with one attached hydrogen (secondary N) is 1. The molecule has 0 atom stereocenters. The highest BCUT2D eigenvalue weighted by molar-refractivity contribution is 6.31. The van der Waals surface area contributed by atoms with Crippen molar-refractivity contribution >= 4 is 29.0 Å². The van der Waals surface area contributed by atoms with Crippen LogP contribution in [0.3, 0.4) is 0 Å². The van der Waals surface area contributed by atoms with Crippen LogP contribution in [-0.4, -0.2) is 44.2 Å². The third kappa shape index (κ3) is 4.17. The van der Waals surface area contributed by atoms with Crippen LogP contribution in [0, 0.1) is 6.92 Å². The van der Waals surface area contributed by atoms with Gasteiger partial charge in [-0.15, -0.1) is 0 Å². The Bertz CT molecular complexity index is 741. The van der Waals surface area contributed by atoms with Gasteiger partial charge in [0.2, 0.25) is 0 Å². The van der Waals surface area contributed by atoms with Crippen molar-refractivity contribution in [2.45, 2.75) is 6.92 Å². The third-order valence-electron chi connectivity index (χ3n) is 4.45. The molecule has 2 aromatic carbocycles. The number of hydrogen-bond donors (Lipinski definition) is 1. The summed E-state index contributed by atoms with van der Waals surface area (Å²) in [5, 5.41) is 3.57. The molecule has 1 N–H and O–H groups in total. The number of halogens is 1. The normalized spacial score (nSPS) is 14.4. The molecule has 25 heavy (non-hydrogen) atoms. The first-order valence-electron chi connectivity index (χ1n) is 8.28. The van der Waals surface area contributed by atoms with Gasteiger partial charge in [-0.3, -0.25) is 0 Å². The first kappa shape index (κ1) is 17.4. The van der Waals surface area contributed by atoms with Crippen molar-refractivity contribution in [2.24, 2.45) is 0 Å². The Labute approximate surface area is 153 Å². The van der Waals surface area contributed by atoms with Crippen LogP contribution in [0.5, 0.6) is 5.75 Å². The van der Waals surface area contributed by atoms with Crippen molar-refractivity contribution in [2.75, 3.05) is 43.5 Å². The fourth-order valence-electron chi connectivity index (χ4n) is 2.88. The van der Waals surface area contributed by atoms with Crippen molar-refractivity contribution in [3.63, 3.8) is 0 Å². The van der Waals surface area contributed by atoms with Crippen molar-refractivity contribution in [1.29, 1.82) is 0 Å². The van der Waals surface area contributed by atoms with Gasteiger partial charge >= 0.3 is 6.03 Å². The molecule has 1 saturated heterocycles. The minimum atomic E-state index is -0.0836. The Hall–Kier alpha value is -2.40. The van der Waals surface area contributed by atoms with Crippen LogP contribution < -0.4 is 15.0 Å². The number of methoxy groups -OCH3 is 1. The van der Waals surface area contributed by atoms with Gasteiger partial charge in [-0.05, 0) is 48.9 Å². The number of anilines is 2. The van der Waals surface area contributed by atoms with Crippen molar-refractivity contribution in [3.05, 3.63) is 53.1 Å². The molecule has 0 aromatic heterocycles. The Kier molecular flexibility index (Phi) is 5.34. The molecule has 0 radical (unpaired) electrons. The highest BCUT2D eigenvalue weighted by Crippen LogP contribution is 2.22. The SMILES string of the molecule is COc1ccc(N2CCN(C(=O)Nc3cc(Cl)ccc3C)CC2)cc1. The molecule has 1 heterocycles. The molecule has 1 aliphatic rings. The van der Waals surface area contributed by atoms with Crippen LogP contribution in [0.1, 0.15) is 5.56 Å². The number of amides is 2. The predicted molar refractivity (Wildman–Crippen MR) is 102 cm³/mol. The van der Waals surface area contributed by atoms with Crippen LogP contribution in [0.15, 0.2) is 42.5 Å². The molecular formula is C19H22ClN3O2. The summed E-state index contributed by atoms with van der Waals surface area (Å²) >= 11 is 6.01. The molecule has 0 spiro atoms. The fourth-order valence-corrected chi connectivity index (χ4v) is 3.06. The van der Waals surface area contributed by atoms with E-state index >= 15 is 0 Å². The van der Waals surface area contributed by atoms with Gasteiger partial charge in [0.1, 0.15) is 5.75 Å². The van der Waals surface area contributed by atoms with Crippen molar-refractivity contribution in [1.82, 2.24) is 4.90 Å². The summed E-state index contributed by atoms with van der Waals surface area (Å²) < 4.78 is 5.19. The van der Waals surface area contributed by atoms with Crippen LogP contribution in [-0.2, 0) is 0 Å². The quantitative estimate of drug-likeness (QED) is 0.900. The minimum Gasteiger partial charge on any atom is -0.497 e. The number of aryl methyl sites for hydroxylation is 1. The third-order valence-corrected chi connectivity index (χ3v) is 4.68. The molecule has 0 bridgehead atoms. The van der Waals surface area contributed by atoms with E-state index in [1.807, 2.05) is 48.2 Å². The number of benzene rings is 2. The zero-order valence-electron chi connectivity index (χ0n) is 14.5. The minimum absolute atomic E-state index is 0.0836. The second-order valence-electron chi connectivity index (χ2n) is 6.06. The first-order valence-corrected chi connectivity index (χ1v) is 8.65. The lowest BCUT2D eigenvalue weighted by molar-refractivity contribution is 0.208. The zero-order valence-corrected chi connectivity index (χ0v) is 15.2. The van der Waals surface area contributed by atoms with Gasteiger partial charge < -0.3 is 19.9 Å². The number of carbonyl (C=O) groups is 1. The summed E-state index contributed by atoms with van der Waals surface area (Å²) in [6.45, 7) is 4.91. The summed E-state index contributed by atoms with van der Waals surface area (Å²) in [6.07, 6.45) is 0. The van der Waals surface area contributed by atoms with Gasteiger partial charge in [-0.25, -0.2) is 4.79 Å². The van der Waals surface area contributed by atoms with Gasteiger partial charge in [0.15, 0.2) is 0 Å². The fraction of sp³-hybridized carbons (Fsp3) is 0.316. The molecule has 1 fully saturated rings. The molecular weight excluding hydrogens is 338 g/mol. The van der Waals surface area contributed by atoms with E-state index in [1.165, 1.54) is 0 Å². The van der Waals surface area contributed by atoms with E-state index in [0.29, 0.717) is 18.1 Å². The van der Waals surface area contributed by atoms with Gasteiger partial charge in [-0.1, -0.05) is 17.7 Å². The standard InChI is InChI=1S/C19H22ClN3O2/c1-14-3-4-15(20)13-18(14)21-19(24)23-11-9-22(10-12-23)16-5-7-17(25-2)8-6-16/h3-8,13H,9-12H2,1-2H3,(H,21,24). The number of ether oxygens (including phenoxy) is 1. The largest absolute Gasteiger partial charge is 0.497 e. The Morgan fingerprint density at radius 3 is 2.40 bits per heavy atom. The predicted octanol–water partition coefficient (Wildman–Crippen LogP) is 4.01. The molecule has 0 aliphatic carbocycles. The maximum absolute atomic E-state index is 12.5. The number of hydrogen-bond acceptors (Lipinski definition) is 3. The van der Waals surface area contributed by atoms with Gasteiger partial charge in [0.25, 0.3) is 0 Å². The number of nitrogens with zero attached hydrogens (tertiary/aromatic N) is 2. The number of carbonyl (C=O) groups excluding carboxylic acids is 1. The summed E-state index contributed by atoms with van der Waals surface area (Å²) in [7, 11) is 1.66. The molecule has 5 nitrogen and oxygen atoms in total. The van der Waals surface area contributed by atoms with E-state index in [0.717, 1.165) is 35.8 Å². The molecule has 2 amide bonds. The van der Waals surface area contributed by atoms with Crippen LogP contribution in [0.4, 0.5) is 16.2 Å². The summed E-state index contributed by atoms with van der Waals surface area (Å²) in [4.78, 5) is 16.6. The molecule has 0 saturated carbocycles. The lowest BCUT2D eigenvalue weighted by Gasteiger charge is -2.36. The Morgan fingerprint density at radius 2 is 1.76 bits per heavy atom. The molecule has 0 unspecified atom stereocenters. The average molecular weight is 360 g/mol. The molecule has 1 aliphatic heterocycles.